The Morgan fingerprint density at radius 2 is 2.44 bits per heavy atom. The zero-order valence-corrected chi connectivity index (χ0v) is 11.5. The number of hydrogen-bond donors (Lipinski definition) is 2. The average molecular weight is 269 g/mol. The minimum Gasteiger partial charge on any atom is -0.334 e. The van der Waals surface area contributed by atoms with Crippen LogP contribution in [-0.4, -0.2) is 46.3 Å². The molecule has 2 rings (SSSR count). The molecular weight excluding hydrogens is 250 g/mol. The maximum atomic E-state index is 11.8. The Morgan fingerprint density at radius 1 is 1.61 bits per heavy atom. The Labute approximate surface area is 111 Å². The summed E-state index contributed by atoms with van der Waals surface area (Å²) in [6.45, 7) is 6.41. The summed E-state index contributed by atoms with van der Waals surface area (Å²) in [7, 11) is 0. The number of nitrogens with one attached hydrogen (secondary N) is 2. The summed E-state index contributed by atoms with van der Waals surface area (Å²) in [5.74, 6) is 0. The highest BCUT2D eigenvalue weighted by Crippen LogP contribution is 2.13. The van der Waals surface area contributed by atoms with E-state index in [0.29, 0.717) is 11.2 Å². The van der Waals surface area contributed by atoms with Crippen LogP contribution in [0.3, 0.4) is 0 Å². The monoisotopic (exact) mass is 269 g/mol. The van der Waals surface area contributed by atoms with E-state index in [0.717, 1.165) is 25.9 Å². The highest BCUT2D eigenvalue weighted by atomic mass is 32.1. The van der Waals surface area contributed by atoms with Crippen molar-refractivity contribution >= 4 is 22.5 Å². The average Bonchev–Trinajstić information content (AvgIpc) is 2.82. The number of carbonyl (C=O) groups excluding carboxylic acids is 1. The van der Waals surface area contributed by atoms with Gasteiger partial charge in [-0.2, -0.15) is 0 Å². The van der Waals surface area contributed by atoms with Crippen LogP contribution in [0, 0.1) is 0 Å². The lowest BCUT2D eigenvalue weighted by atomic mass is 10.0. The maximum Gasteiger partial charge on any atom is 0.321 e. The number of hydrogen-bond acceptors (Lipinski definition) is 5. The second-order valence-corrected chi connectivity index (χ2v) is 5.60. The van der Waals surface area contributed by atoms with E-state index in [1.807, 2.05) is 0 Å². The molecule has 2 heterocycles. The molecule has 18 heavy (non-hydrogen) atoms. The summed E-state index contributed by atoms with van der Waals surface area (Å²) >= 11 is 1.31. The molecule has 1 fully saturated rings. The van der Waals surface area contributed by atoms with E-state index in [2.05, 4.69) is 39.6 Å². The molecule has 1 aromatic rings. The van der Waals surface area contributed by atoms with Crippen molar-refractivity contribution in [2.24, 2.45) is 0 Å². The van der Waals surface area contributed by atoms with E-state index in [1.165, 1.54) is 11.3 Å². The predicted octanol–water partition coefficient (Wildman–Crippen LogP) is 1.53. The lowest BCUT2D eigenvalue weighted by molar-refractivity contribution is 0.156. The lowest BCUT2D eigenvalue weighted by Gasteiger charge is -2.35. The van der Waals surface area contributed by atoms with Gasteiger partial charge in [0.15, 0.2) is 0 Å². The molecule has 7 heteroatoms. The molecule has 1 aromatic heterocycles. The fourth-order valence-corrected chi connectivity index (χ4v) is 2.58. The largest absolute Gasteiger partial charge is 0.334 e. The Balaban J connectivity index is 1.80. The number of amides is 2. The lowest BCUT2D eigenvalue weighted by Crippen LogP contribution is -2.50. The fourth-order valence-electron chi connectivity index (χ4n) is 2.14. The van der Waals surface area contributed by atoms with Crippen molar-refractivity contribution in [1.82, 2.24) is 20.4 Å². The second kappa shape index (κ2) is 6.10. The third-order valence-electron chi connectivity index (χ3n) is 3.10. The number of carbonyl (C=O) groups is 1. The first-order chi connectivity index (χ1) is 8.65. The van der Waals surface area contributed by atoms with Gasteiger partial charge in [0, 0.05) is 18.6 Å². The summed E-state index contributed by atoms with van der Waals surface area (Å²) in [6, 6.07) is 0.553. The molecule has 0 aromatic carbocycles. The van der Waals surface area contributed by atoms with Crippen LogP contribution in [0.15, 0.2) is 5.51 Å². The third-order valence-corrected chi connectivity index (χ3v) is 3.71. The van der Waals surface area contributed by atoms with Gasteiger partial charge in [-0.25, -0.2) is 4.79 Å². The SMILES string of the molecule is CC(C)N1CCC[C@@H](NC(=O)Nc2nncs2)C1. The van der Waals surface area contributed by atoms with Crippen LogP contribution >= 0.6 is 11.3 Å². The second-order valence-electron chi connectivity index (χ2n) is 4.77. The Morgan fingerprint density at radius 3 is 3.11 bits per heavy atom. The minimum atomic E-state index is -0.192. The van der Waals surface area contributed by atoms with Gasteiger partial charge in [0.05, 0.1) is 0 Å². The first kappa shape index (κ1) is 13.2. The van der Waals surface area contributed by atoms with E-state index >= 15 is 0 Å². The van der Waals surface area contributed by atoms with Crippen LogP contribution in [0.1, 0.15) is 26.7 Å². The summed E-state index contributed by atoms with van der Waals surface area (Å²) < 4.78 is 0. The number of likely N-dealkylation sites (tertiary alicyclic amines) is 1. The van der Waals surface area contributed by atoms with Crippen LogP contribution in [0.2, 0.25) is 0 Å². The molecule has 100 valence electrons. The van der Waals surface area contributed by atoms with Gasteiger partial charge >= 0.3 is 6.03 Å². The molecule has 0 unspecified atom stereocenters. The van der Waals surface area contributed by atoms with Crippen molar-refractivity contribution in [2.45, 2.75) is 38.8 Å². The molecular formula is C11H19N5OS. The Kier molecular flexibility index (Phi) is 4.48. The topological polar surface area (TPSA) is 70.2 Å². The zero-order chi connectivity index (χ0) is 13.0. The molecule has 0 aliphatic carbocycles. The minimum absolute atomic E-state index is 0.192. The van der Waals surface area contributed by atoms with Crippen LogP contribution in [0.25, 0.3) is 0 Å². The van der Waals surface area contributed by atoms with E-state index in [4.69, 9.17) is 0 Å². The van der Waals surface area contributed by atoms with Gasteiger partial charge in [0.1, 0.15) is 5.51 Å². The van der Waals surface area contributed by atoms with Crippen LogP contribution in [0.4, 0.5) is 9.93 Å². The maximum absolute atomic E-state index is 11.8. The molecule has 0 spiro atoms. The molecule has 1 aliphatic rings. The summed E-state index contributed by atoms with van der Waals surface area (Å²) in [4.78, 5) is 14.1. The number of anilines is 1. The van der Waals surface area contributed by atoms with Gasteiger partial charge in [-0.05, 0) is 33.2 Å². The van der Waals surface area contributed by atoms with E-state index < -0.39 is 0 Å². The number of urea groups is 1. The molecule has 0 radical (unpaired) electrons. The Hall–Kier alpha value is -1.21. The highest BCUT2D eigenvalue weighted by molar-refractivity contribution is 7.13. The number of rotatable bonds is 3. The van der Waals surface area contributed by atoms with E-state index in [1.54, 1.807) is 5.51 Å². The summed E-state index contributed by atoms with van der Waals surface area (Å²) in [6.07, 6.45) is 2.16. The number of piperidine rings is 1. The van der Waals surface area contributed by atoms with Gasteiger partial charge in [-0.15, -0.1) is 10.2 Å². The molecule has 1 saturated heterocycles. The van der Waals surface area contributed by atoms with Crippen molar-refractivity contribution in [2.75, 3.05) is 18.4 Å². The molecule has 1 atom stereocenters. The van der Waals surface area contributed by atoms with Crippen LogP contribution in [0.5, 0.6) is 0 Å². The molecule has 0 saturated carbocycles. The van der Waals surface area contributed by atoms with Crippen molar-refractivity contribution in [3.8, 4) is 0 Å². The molecule has 2 N–H and O–H groups in total. The van der Waals surface area contributed by atoms with Crippen molar-refractivity contribution in [1.29, 1.82) is 0 Å². The first-order valence-corrected chi connectivity index (χ1v) is 7.11. The van der Waals surface area contributed by atoms with Crippen LogP contribution in [-0.2, 0) is 0 Å². The smallest absolute Gasteiger partial charge is 0.321 e. The van der Waals surface area contributed by atoms with Crippen molar-refractivity contribution < 1.29 is 4.79 Å². The van der Waals surface area contributed by atoms with Gasteiger partial charge in [-0.1, -0.05) is 11.3 Å². The normalized spacial score (nSPS) is 20.9. The molecule has 6 nitrogen and oxygen atoms in total. The van der Waals surface area contributed by atoms with Gasteiger partial charge in [-0.3, -0.25) is 10.2 Å². The summed E-state index contributed by atoms with van der Waals surface area (Å²) in [5, 5.41) is 13.7. The van der Waals surface area contributed by atoms with Gasteiger partial charge < -0.3 is 5.32 Å². The van der Waals surface area contributed by atoms with Gasteiger partial charge in [0.2, 0.25) is 5.13 Å². The quantitative estimate of drug-likeness (QED) is 0.873. The van der Waals surface area contributed by atoms with Crippen LogP contribution < -0.4 is 10.6 Å². The number of aromatic nitrogens is 2. The first-order valence-electron chi connectivity index (χ1n) is 6.23. The Bertz CT molecular complexity index is 381. The van der Waals surface area contributed by atoms with Crippen molar-refractivity contribution in [3.05, 3.63) is 5.51 Å². The highest BCUT2D eigenvalue weighted by Gasteiger charge is 2.22. The molecule has 2 amide bonds. The zero-order valence-electron chi connectivity index (χ0n) is 10.7. The third kappa shape index (κ3) is 3.64. The summed E-state index contributed by atoms with van der Waals surface area (Å²) in [5.41, 5.74) is 1.59. The van der Waals surface area contributed by atoms with E-state index in [-0.39, 0.29) is 12.1 Å². The van der Waals surface area contributed by atoms with Crippen molar-refractivity contribution in [3.63, 3.8) is 0 Å². The number of nitrogens with zero attached hydrogens (tertiary/aromatic N) is 3. The molecule has 0 bridgehead atoms. The van der Waals surface area contributed by atoms with E-state index in [9.17, 15) is 4.79 Å². The predicted molar refractivity (Wildman–Crippen MR) is 71.8 cm³/mol. The fraction of sp³-hybridized carbons (Fsp3) is 0.727. The standard InChI is InChI=1S/C11H19N5OS/c1-8(2)16-5-3-4-9(6-16)13-10(17)14-11-15-12-7-18-11/h7-9H,3-6H2,1-2H3,(H2,13,14,15,17)/t9-/m1/s1. The van der Waals surface area contributed by atoms with Gasteiger partial charge in [0.25, 0.3) is 0 Å². The molecule has 1 aliphatic heterocycles.